The first-order chi connectivity index (χ1) is 12.9. The van der Waals surface area contributed by atoms with Crippen LogP contribution in [0.2, 0.25) is 10.0 Å². The average Bonchev–Trinajstić information content (AvgIpc) is 2.95. The van der Waals surface area contributed by atoms with Gasteiger partial charge < -0.3 is 19.2 Å². The van der Waals surface area contributed by atoms with Gasteiger partial charge in [-0.15, -0.1) is 0 Å². The smallest absolute Gasteiger partial charge is 0.419 e. The molecule has 27 heavy (non-hydrogen) atoms. The summed E-state index contributed by atoms with van der Waals surface area (Å²) < 4.78 is 16.9. The number of carbonyl (C=O) groups is 1. The number of benzene rings is 2. The molecule has 0 saturated heterocycles. The minimum atomic E-state index is -0.550. The minimum absolute atomic E-state index is 0.0469. The molecule has 0 radical (unpaired) electrons. The lowest BCUT2D eigenvalue weighted by molar-refractivity contribution is -0.116. The molecule has 0 unspecified atom stereocenters. The fourth-order valence-corrected chi connectivity index (χ4v) is 3.03. The van der Waals surface area contributed by atoms with Gasteiger partial charge in [0.15, 0.2) is 5.58 Å². The van der Waals surface area contributed by atoms with Crippen molar-refractivity contribution in [1.29, 1.82) is 0 Å². The standard InChI is InChI=1S/C18H16Cl2N2O5/c1-25-14-9-12(15(26-2)8-11(14)20)21-17(23)5-6-22-13-4-3-10(19)7-16(13)27-18(22)24/h3-4,7-9H,5-6H2,1-2H3,(H,21,23). The highest BCUT2D eigenvalue weighted by Gasteiger charge is 2.15. The lowest BCUT2D eigenvalue weighted by Crippen LogP contribution is -2.20. The van der Waals surface area contributed by atoms with Crippen molar-refractivity contribution in [2.24, 2.45) is 0 Å². The molecule has 0 fully saturated rings. The number of amides is 1. The van der Waals surface area contributed by atoms with Crippen LogP contribution >= 0.6 is 23.2 Å². The Morgan fingerprint density at radius 1 is 1.15 bits per heavy atom. The van der Waals surface area contributed by atoms with E-state index in [-0.39, 0.29) is 18.9 Å². The summed E-state index contributed by atoms with van der Waals surface area (Å²) in [6.45, 7) is 0.145. The SMILES string of the molecule is COc1cc(NC(=O)CCn2c(=O)oc3cc(Cl)ccc32)c(OC)cc1Cl. The highest BCUT2D eigenvalue weighted by Crippen LogP contribution is 2.35. The third-order valence-electron chi connectivity index (χ3n) is 3.94. The van der Waals surface area contributed by atoms with Crippen LogP contribution in [0.15, 0.2) is 39.5 Å². The first kappa shape index (κ1) is 19.1. The molecule has 2 aromatic carbocycles. The molecule has 1 N–H and O–H groups in total. The van der Waals surface area contributed by atoms with E-state index < -0.39 is 5.76 Å². The first-order valence-corrected chi connectivity index (χ1v) is 8.68. The van der Waals surface area contributed by atoms with E-state index in [0.29, 0.717) is 38.3 Å². The van der Waals surface area contributed by atoms with E-state index in [1.807, 2.05) is 0 Å². The molecule has 0 aliphatic rings. The predicted octanol–water partition coefficient (Wildman–Crippen LogP) is 3.95. The molecule has 0 saturated carbocycles. The molecule has 0 aliphatic carbocycles. The molecular weight excluding hydrogens is 395 g/mol. The third kappa shape index (κ3) is 4.04. The number of methoxy groups -OCH3 is 2. The van der Waals surface area contributed by atoms with E-state index in [1.54, 1.807) is 30.3 Å². The average molecular weight is 411 g/mol. The first-order valence-electron chi connectivity index (χ1n) is 7.93. The van der Waals surface area contributed by atoms with Crippen LogP contribution in [0.4, 0.5) is 5.69 Å². The van der Waals surface area contributed by atoms with Crippen molar-refractivity contribution in [2.75, 3.05) is 19.5 Å². The molecule has 0 atom stereocenters. The van der Waals surface area contributed by atoms with Gasteiger partial charge in [-0.05, 0) is 12.1 Å². The summed E-state index contributed by atoms with van der Waals surface area (Å²) in [5, 5.41) is 3.56. The molecule has 0 aliphatic heterocycles. The number of halogens is 2. The number of nitrogens with zero attached hydrogens (tertiary/aromatic N) is 1. The summed E-state index contributed by atoms with van der Waals surface area (Å²) in [5.74, 6) is -0.0601. The Bertz CT molecular complexity index is 1060. The Morgan fingerprint density at radius 3 is 2.59 bits per heavy atom. The predicted molar refractivity (Wildman–Crippen MR) is 103 cm³/mol. The highest BCUT2D eigenvalue weighted by molar-refractivity contribution is 6.32. The zero-order valence-electron chi connectivity index (χ0n) is 14.5. The number of nitrogens with one attached hydrogen (secondary N) is 1. The van der Waals surface area contributed by atoms with Crippen molar-refractivity contribution in [3.63, 3.8) is 0 Å². The third-order valence-corrected chi connectivity index (χ3v) is 4.47. The Balaban J connectivity index is 1.76. The summed E-state index contributed by atoms with van der Waals surface area (Å²) in [4.78, 5) is 24.4. The van der Waals surface area contributed by atoms with E-state index in [2.05, 4.69) is 5.32 Å². The number of anilines is 1. The van der Waals surface area contributed by atoms with Gasteiger partial charge in [0.25, 0.3) is 0 Å². The molecule has 7 nitrogen and oxygen atoms in total. The number of aryl methyl sites for hydroxylation is 1. The molecule has 0 spiro atoms. The van der Waals surface area contributed by atoms with Crippen LogP contribution in [-0.4, -0.2) is 24.7 Å². The van der Waals surface area contributed by atoms with E-state index >= 15 is 0 Å². The Morgan fingerprint density at radius 2 is 1.89 bits per heavy atom. The van der Waals surface area contributed by atoms with Crippen LogP contribution in [0.5, 0.6) is 11.5 Å². The van der Waals surface area contributed by atoms with Gasteiger partial charge in [0.05, 0.1) is 30.4 Å². The maximum atomic E-state index is 12.4. The molecule has 3 aromatic rings. The fraction of sp³-hybridized carbons (Fsp3) is 0.222. The number of hydrogen-bond acceptors (Lipinski definition) is 5. The summed E-state index contributed by atoms with van der Waals surface area (Å²) in [7, 11) is 2.94. The van der Waals surface area contributed by atoms with Crippen LogP contribution in [0, 0.1) is 0 Å². The molecule has 0 bridgehead atoms. The van der Waals surface area contributed by atoms with Gasteiger partial charge in [-0.1, -0.05) is 23.2 Å². The van der Waals surface area contributed by atoms with E-state index in [9.17, 15) is 9.59 Å². The fourth-order valence-electron chi connectivity index (χ4n) is 2.64. The second-order valence-electron chi connectivity index (χ2n) is 5.62. The number of fused-ring (bicyclic) bond motifs is 1. The van der Waals surface area contributed by atoms with E-state index in [0.717, 1.165) is 0 Å². The van der Waals surface area contributed by atoms with Crippen LogP contribution in [0.3, 0.4) is 0 Å². The van der Waals surface area contributed by atoms with Gasteiger partial charge in [-0.3, -0.25) is 9.36 Å². The zero-order valence-corrected chi connectivity index (χ0v) is 16.1. The van der Waals surface area contributed by atoms with Gasteiger partial charge >= 0.3 is 5.76 Å². The molecule has 3 rings (SSSR count). The minimum Gasteiger partial charge on any atom is -0.495 e. The van der Waals surface area contributed by atoms with Gasteiger partial charge in [0.2, 0.25) is 5.91 Å². The summed E-state index contributed by atoms with van der Waals surface area (Å²) in [6, 6.07) is 8.00. The summed E-state index contributed by atoms with van der Waals surface area (Å²) >= 11 is 11.9. The molecule has 1 aromatic heterocycles. The van der Waals surface area contributed by atoms with Crippen molar-refractivity contribution in [3.8, 4) is 11.5 Å². The summed E-state index contributed by atoms with van der Waals surface area (Å²) in [5.41, 5.74) is 1.36. The number of aromatic nitrogens is 1. The monoisotopic (exact) mass is 410 g/mol. The maximum Gasteiger partial charge on any atom is 0.419 e. The van der Waals surface area contributed by atoms with Crippen molar-refractivity contribution >= 4 is 45.9 Å². The number of ether oxygens (including phenoxy) is 2. The second-order valence-corrected chi connectivity index (χ2v) is 6.46. The summed E-state index contributed by atoms with van der Waals surface area (Å²) in [6.07, 6.45) is 0.0469. The number of oxazole rings is 1. The van der Waals surface area contributed by atoms with Crippen LogP contribution in [0.1, 0.15) is 6.42 Å². The molecule has 9 heteroatoms. The lowest BCUT2D eigenvalue weighted by atomic mass is 10.2. The molecular formula is C18H16Cl2N2O5. The van der Waals surface area contributed by atoms with Crippen molar-refractivity contribution < 1.29 is 18.7 Å². The Kier molecular flexibility index (Phi) is 5.62. The van der Waals surface area contributed by atoms with Crippen molar-refractivity contribution in [2.45, 2.75) is 13.0 Å². The van der Waals surface area contributed by atoms with Gasteiger partial charge in [-0.25, -0.2) is 4.79 Å². The van der Waals surface area contributed by atoms with E-state index in [1.165, 1.54) is 18.8 Å². The van der Waals surface area contributed by atoms with E-state index in [4.69, 9.17) is 37.1 Å². The largest absolute Gasteiger partial charge is 0.495 e. The van der Waals surface area contributed by atoms with Gasteiger partial charge in [0.1, 0.15) is 11.5 Å². The number of carbonyl (C=O) groups excluding carboxylic acids is 1. The van der Waals surface area contributed by atoms with Crippen LogP contribution < -0.4 is 20.5 Å². The van der Waals surface area contributed by atoms with Crippen molar-refractivity contribution in [1.82, 2.24) is 4.57 Å². The second kappa shape index (κ2) is 7.94. The Hall–Kier alpha value is -2.64. The van der Waals surface area contributed by atoms with Crippen LogP contribution in [0.25, 0.3) is 11.1 Å². The molecule has 142 valence electrons. The highest BCUT2D eigenvalue weighted by atomic mass is 35.5. The number of rotatable bonds is 6. The molecule has 1 heterocycles. The Labute approximate surface area is 164 Å². The maximum absolute atomic E-state index is 12.4. The quantitative estimate of drug-likeness (QED) is 0.664. The number of hydrogen-bond donors (Lipinski definition) is 1. The lowest BCUT2D eigenvalue weighted by Gasteiger charge is -2.13. The zero-order chi connectivity index (χ0) is 19.6. The topological polar surface area (TPSA) is 82.7 Å². The van der Waals surface area contributed by atoms with Crippen molar-refractivity contribution in [3.05, 3.63) is 50.9 Å². The molecule has 1 amide bonds. The normalized spacial score (nSPS) is 10.8. The van der Waals surface area contributed by atoms with Crippen LogP contribution in [-0.2, 0) is 11.3 Å². The van der Waals surface area contributed by atoms with Gasteiger partial charge in [0, 0.05) is 36.2 Å². The van der Waals surface area contributed by atoms with Gasteiger partial charge in [-0.2, -0.15) is 0 Å².